The summed E-state index contributed by atoms with van der Waals surface area (Å²) < 4.78 is 58.9. The third-order valence-corrected chi connectivity index (χ3v) is 12.4. The lowest BCUT2D eigenvalue weighted by Gasteiger charge is -2.29. The Morgan fingerprint density at radius 2 is 1.30 bits per heavy atom. The van der Waals surface area contributed by atoms with E-state index < -0.39 is 52.9 Å². The van der Waals surface area contributed by atoms with Gasteiger partial charge in [0.05, 0.1) is 11.3 Å². The summed E-state index contributed by atoms with van der Waals surface area (Å²) in [6.07, 6.45) is 5.32. The predicted molar refractivity (Wildman–Crippen MR) is 249 cm³/mol. The van der Waals surface area contributed by atoms with Gasteiger partial charge in [-0.2, -0.15) is 13.2 Å². The van der Waals surface area contributed by atoms with Gasteiger partial charge in [-0.25, -0.2) is 38.7 Å². The molecular formula is C46H46F4N10O5S2. The number of rotatable bonds is 17. The molecule has 4 aromatic heterocycles. The van der Waals surface area contributed by atoms with E-state index in [1.165, 1.54) is 17.5 Å². The standard InChI is InChI=1S/C46H46F4N10O5S2/c1-26(65-44(64)58-38-20-28(16-18-52-38)8-13-34-25-54-43(67-34)60-41(63)56-36-22-31(46(48,49)50)11-14-35(36)47)23-45(2,3)30-5-4-6-32(21-30)55-40(62)59-42-53-24-33(66-42)12-7-27-15-17-51-37(19-27)57-39(61)29-9-10-29/h4-6,11,14-22,24-26,29H,7-10,12-13,23H2,1-3H3,(H,51,57,61)(H,52,58,64)(H2,53,55,59,62)(H2,54,56,60,63). The number of nitrogens with one attached hydrogen (secondary N) is 6. The van der Waals surface area contributed by atoms with Crippen LogP contribution in [0.2, 0.25) is 0 Å². The summed E-state index contributed by atoms with van der Waals surface area (Å²) in [5.41, 5.74) is 1.15. The number of hydrogen-bond acceptors (Lipinski definition) is 11. The van der Waals surface area contributed by atoms with Gasteiger partial charge in [0.1, 0.15) is 23.6 Å². The number of benzene rings is 2. The van der Waals surface area contributed by atoms with Gasteiger partial charge in [-0.1, -0.05) is 26.0 Å². The van der Waals surface area contributed by atoms with Crippen molar-refractivity contribution in [2.75, 3.05) is 31.9 Å². The molecule has 21 heteroatoms. The topological polar surface area (TPSA) is 201 Å². The lowest BCUT2D eigenvalue weighted by atomic mass is 9.80. The average molecular weight is 959 g/mol. The first kappa shape index (κ1) is 47.9. The quantitative estimate of drug-likeness (QED) is 0.0481. The van der Waals surface area contributed by atoms with Gasteiger partial charge in [0.2, 0.25) is 5.91 Å². The number of alkyl halides is 3. The number of halogens is 4. The van der Waals surface area contributed by atoms with E-state index in [4.69, 9.17) is 4.74 Å². The van der Waals surface area contributed by atoms with Gasteiger partial charge >= 0.3 is 24.3 Å². The molecule has 1 aliphatic rings. The number of aryl methyl sites for hydroxylation is 4. The van der Waals surface area contributed by atoms with Crippen molar-refractivity contribution < 1.29 is 41.5 Å². The molecule has 1 atom stereocenters. The molecule has 0 radical (unpaired) electrons. The van der Waals surface area contributed by atoms with Gasteiger partial charge in [-0.15, -0.1) is 22.7 Å². The average Bonchev–Trinajstić information content (AvgIpc) is 3.88. The first-order valence-electron chi connectivity index (χ1n) is 21.1. The molecule has 15 nitrogen and oxygen atoms in total. The number of aromatic nitrogens is 4. The van der Waals surface area contributed by atoms with Crippen LogP contribution in [0, 0.1) is 11.7 Å². The zero-order chi connectivity index (χ0) is 47.7. The van der Waals surface area contributed by atoms with Crippen LogP contribution in [0.1, 0.15) is 72.0 Å². The number of urea groups is 2. The highest BCUT2D eigenvalue weighted by molar-refractivity contribution is 7.16. The molecule has 1 unspecified atom stereocenters. The Balaban J connectivity index is 0.830. The maximum absolute atomic E-state index is 14.1. The molecule has 1 aliphatic carbocycles. The van der Waals surface area contributed by atoms with E-state index in [0.29, 0.717) is 66.9 Å². The molecule has 6 amide bonds. The molecule has 1 saturated carbocycles. The van der Waals surface area contributed by atoms with E-state index in [9.17, 15) is 36.7 Å². The first-order chi connectivity index (χ1) is 31.9. The fourth-order valence-electron chi connectivity index (χ4n) is 6.99. The summed E-state index contributed by atoms with van der Waals surface area (Å²) in [6.45, 7) is 5.82. The molecule has 6 aromatic rings. The molecule has 6 N–H and O–H groups in total. The third-order valence-electron chi connectivity index (χ3n) is 10.5. The van der Waals surface area contributed by atoms with Gasteiger partial charge in [0, 0.05) is 46.1 Å². The molecule has 0 saturated heterocycles. The largest absolute Gasteiger partial charge is 0.446 e. The number of ether oxygens (including phenoxy) is 1. The Labute approximate surface area is 390 Å². The van der Waals surface area contributed by atoms with Gasteiger partial charge in [-0.05, 0) is 129 Å². The van der Waals surface area contributed by atoms with Crippen molar-refractivity contribution in [3.63, 3.8) is 0 Å². The van der Waals surface area contributed by atoms with Crippen LogP contribution < -0.4 is 31.9 Å². The van der Waals surface area contributed by atoms with Crippen molar-refractivity contribution in [3.8, 4) is 0 Å². The molecule has 0 bridgehead atoms. The highest BCUT2D eigenvalue weighted by Gasteiger charge is 2.32. The number of hydrogen-bond donors (Lipinski definition) is 6. The molecule has 1 fully saturated rings. The van der Waals surface area contributed by atoms with Crippen LogP contribution in [0.4, 0.5) is 65.2 Å². The summed E-state index contributed by atoms with van der Waals surface area (Å²) in [4.78, 5) is 69.2. The fraction of sp³-hybridized carbons (Fsp3) is 0.304. The molecule has 2 aromatic carbocycles. The van der Waals surface area contributed by atoms with Crippen LogP contribution >= 0.6 is 22.7 Å². The summed E-state index contributed by atoms with van der Waals surface area (Å²) in [7, 11) is 0. The number of nitrogens with zero attached hydrogens (tertiary/aromatic N) is 4. The van der Waals surface area contributed by atoms with E-state index in [1.54, 1.807) is 43.7 Å². The fourth-order valence-corrected chi connectivity index (χ4v) is 8.60. The number of pyridine rings is 2. The van der Waals surface area contributed by atoms with Crippen LogP contribution in [0.25, 0.3) is 0 Å². The van der Waals surface area contributed by atoms with E-state index in [1.807, 2.05) is 44.2 Å². The predicted octanol–water partition coefficient (Wildman–Crippen LogP) is 11.1. The zero-order valence-electron chi connectivity index (χ0n) is 36.4. The first-order valence-corrected chi connectivity index (χ1v) is 22.8. The molecule has 350 valence electrons. The highest BCUT2D eigenvalue weighted by atomic mass is 32.1. The second-order valence-electron chi connectivity index (χ2n) is 16.5. The normalized spacial score (nSPS) is 13.0. The number of anilines is 6. The lowest BCUT2D eigenvalue weighted by Crippen LogP contribution is -2.28. The third kappa shape index (κ3) is 14.2. The molecule has 67 heavy (non-hydrogen) atoms. The lowest BCUT2D eigenvalue weighted by molar-refractivity contribution is -0.137. The Kier molecular flexibility index (Phi) is 15.1. The Morgan fingerprint density at radius 3 is 1.90 bits per heavy atom. The van der Waals surface area contributed by atoms with E-state index in [2.05, 4.69) is 51.8 Å². The van der Waals surface area contributed by atoms with Gasteiger partial charge in [0.15, 0.2) is 10.3 Å². The van der Waals surface area contributed by atoms with Gasteiger partial charge in [0.25, 0.3) is 0 Å². The summed E-state index contributed by atoms with van der Waals surface area (Å²) >= 11 is 2.52. The maximum atomic E-state index is 14.1. The minimum absolute atomic E-state index is 0.0104. The Bertz CT molecular complexity index is 2740. The zero-order valence-corrected chi connectivity index (χ0v) is 38.1. The van der Waals surface area contributed by atoms with Crippen LogP contribution in [-0.4, -0.2) is 50.1 Å². The number of carbonyl (C=O) groups is 4. The monoisotopic (exact) mass is 958 g/mol. The van der Waals surface area contributed by atoms with Crippen molar-refractivity contribution in [3.05, 3.63) is 129 Å². The minimum Gasteiger partial charge on any atom is -0.446 e. The number of thiazole rings is 2. The van der Waals surface area contributed by atoms with Crippen molar-refractivity contribution in [2.24, 2.45) is 5.92 Å². The van der Waals surface area contributed by atoms with Crippen LogP contribution in [-0.2, 0) is 46.8 Å². The molecule has 4 heterocycles. The second-order valence-corrected chi connectivity index (χ2v) is 18.7. The Hall–Kier alpha value is -7.00. The molecule has 0 aliphatic heterocycles. The molecule has 0 spiro atoms. The SMILES string of the molecule is CC(CC(C)(C)c1cccc(NC(=O)Nc2ncc(CCc3ccnc(NC(=O)C4CC4)c3)s2)c1)OC(=O)Nc1cc(CCc2cnc(NC(=O)Nc3cc(C(F)(F)F)ccc3F)s2)ccn1. The van der Waals surface area contributed by atoms with Gasteiger partial charge < -0.3 is 20.7 Å². The van der Waals surface area contributed by atoms with Crippen molar-refractivity contribution in [2.45, 2.75) is 83.4 Å². The smallest absolute Gasteiger partial charge is 0.416 e. The number of carbonyl (C=O) groups excluding carboxylic acids is 4. The summed E-state index contributed by atoms with van der Waals surface area (Å²) in [6, 6.07) is 15.0. The van der Waals surface area contributed by atoms with Crippen molar-refractivity contribution >= 4 is 80.0 Å². The molecule has 7 rings (SSSR count). The summed E-state index contributed by atoms with van der Waals surface area (Å²) in [5.74, 6) is -0.0958. The van der Waals surface area contributed by atoms with Crippen molar-refractivity contribution in [1.29, 1.82) is 0 Å². The van der Waals surface area contributed by atoms with E-state index >= 15 is 0 Å². The second kappa shape index (κ2) is 21.1. The van der Waals surface area contributed by atoms with Crippen LogP contribution in [0.5, 0.6) is 0 Å². The van der Waals surface area contributed by atoms with Crippen molar-refractivity contribution in [1.82, 2.24) is 19.9 Å². The number of amides is 6. The summed E-state index contributed by atoms with van der Waals surface area (Å²) in [5, 5.41) is 16.3. The molecular weight excluding hydrogens is 913 g/mol. The van der Waals surface area contributed by atoms with Crippen LogP contribution in [0.3, 0.4) is 0 Å². The van der Waals surface area contributed by atoms with E-state index in [-0.39, 0.29) is 22.8 Å². The maximum Gasteiger partial charge on any atom is 0.416 e. The highest BCUT2D eigenvalue weighted by Crippen LogP contribution is 2.34. The van der Waals surface area contributed by atoms with E-state index in [0.717, 1.165) is 50.6 Å². The minimum atomic E-state index is -4.71. The van der Waals surface area contributed by atoms with Gasteiger partial charge in [-0.3, -0.25) is 20.7 Å². The van der Waals surface area contributed by atoms with Crippen LogP contribution in [0.15, 0.2) is 91.5 Å². The Morgan fingerprint density at radius 1 is 0.701 bits per heavy atom.